The predicted octanol–water partition coefficient (Wildman–Crippen LogP) is -1.97. The second-order valence-electron chi connectivity index (χ2n) is 5.02. The van der Waals surface area contributed by atoms with Crippen LogP contribution in [0.25, 0.3) is 0 Å². The number of aromatic nitrogens is 1. The number of amides is 2. The monoisotopic (exact) mass is 314 g/mol. The molecule has 2 atom stereocenters. The minimum absolute atomic E-state index is 0.0932. The third-order valence-electron chi connectivity index (χ3n) is 3.41. The number of hydrogen-bond donors (Lipinski definition) is 4. The molecule has 1 aromatic heterocycles. The third kappa shape index (κ3) is 3.76. The highest BCUT2D eigenvalue weighted by atomic mass is 32.1. The van der Waals surface area contributed by atoms with Gasteiger partial charge in [0.15, 0.2) is 0 Å². The van der Waals surface area contributed by atoms with Crippen molar-refractivity contribution in [3.8, 4) is 0 Å². The van der Waals surface area contributed by atoms with Gasteiger partial charge in [-0.1, -0.05) is 0 Å². The molecule has 0 unspecified atom stereocenters. The molecule has 8 nitrogen and oxygen atoms in total. The second-order valence-corrected chi connectivity index (χ2v) is 5.74. The minimum Gasteiger partial charge on any atom is -0.389 e. The van der Waals surface area contributed by atoms with Crippen molar-refractivity contribution < 1.29 is 19.8 Å². The lowest BCUT2D eigenvalue weighted by atomic mass is 10.0. The van der Waals surface area contributed by atoms with Gasteiger partial charge in [0, 0.05) is 25.5 Å². The fraction of sp³-hybridized carbons (Fsp3) is 0.583. The van der Waals surface area contributed by atoms with Crippen molar-refractivity contribution in [1.29, 1.82) is 0 Å². The highest BCUT2D eigenvalue weighted by Crippen LogP contribution is 2.21. The van der Waals surface area contributed by atoms with Gasteiger partial charge >= 0.3 is 0 Å². The van der Waals surface area contributed by atoms with Crippen molar-refractivity contribution in [3.05, 3.63) is 16.6 Å². The molecule has 116 valence electrons. The highest BCUT2D eigenvalue weighted by Gasteiger charge is 2.44. The summed E-state index contributed by atoms with van der Waals surface area (Å²) in [6.45, 7) is 0.278. The maximum Gasteiger partial charge on any atom is 0.270 e. The van der Waals surface area contributed by atoms with Gasteiger partial charge in [-0.2, -0.15) is 0 Å². The van der Waals surface area contributed by atoms with Crippen molar-refractivity contribution >= 4 is 23.2 Å². The molecule has 1 saturated heterocycles. The Bertz CT molecular complexity index is 509. The van der Waals surface area contributed by atoms with Crippen LogP contribution in [0.2, 0.25) is 0 Å². The second kappa shape index (κ2) is 6.48. The molecular weight excluding hydrogens is 296 g/mol. The first-order valence-electron chi connectivity index (χ1n) is 6.44. The molecule has 4 N–H and O–H groups in total. The van der Waals surface area contributed by atoms with E-state index in [1.807, 2.05) is 0 Å². The topological polar surface area (TPSA) is 115 Å². The van der Waals surface area contributed by atoms with Crippen molar-refractivity contribution in [3.63, 3.8) is 0 Å². The Morgan fingerprint density at radius 3 is 3.00 bits per heavy atom. The van der Waals surface area contributed by atoms with Gasteiger partial charge in [-0.25, -0.2) is 4.98 Å². The number of aliphatic hydroxyl groups is 2. The number of thiazole rings is 1. The Morgan fingerprint density at radius 2 is 2.38 bits per heavy atom. The van der Waals surface area contributed by atoms with Crippen LogP contribution in [0, 0.1) is 0 Å². The number of aliphatic hydroxyl groups excluding tert-OH is 1. The van der Waals surface area contributed by atoms with E-state index in [1.165, 1.54) is 18.4 Å². The van der Waals surface area contributed by atoms with Crippen LogP contribution in [-0.2, 0) is 4.79 Å². The van der Waals surface area contributed by atoms with Gasteiger partial charge in [-0.05, 0) is 0 Å². The molecule has 0 aliphatic carbocycles. The number of likely N-dealkylation sites (N-methyl/N-ethyl adjacent to an activating group) is 1. The van der Waals surface area contributed by atoms with E-state index in [-0.39, 0.29) is 37.8 Å². The van der Waals surface area contributed by atoms with Gasteiger partial charge < -0.3 is 20.8 Å². The lowest BCUT2D eigenvalue weighted by Crippen LogP contribution is -2.51. The summed E-state index contributed by atoms with van der Waals surface area (Å²) >= 11 is 1.30. The number of nitrogens with one attached hydrogen (secondary N) is 2. The molecule has 1 fully saturated rings. The molecule has 2 amide bonds. The number of carbonyl (C=O) groups is 2. The van der Waals surface area contributed by atoms with E-state index < -0.39 is 17.6 Å². The van der Waals surface area contributed by atoms with E-state index in [9.17, 15) is 19.8 Å². The molecule has 1 aliphatic heterocycles. The van der Waals surface area contributed by atoms with E-state index >= 15 is 0 Å². The van der Waals surface area contributed by atoms with Crippen LogP contribution in [0.15, 0.2) is 10.9 Å². The SMILES string of the molecule is CNC(=O)CN1C[C@@H](O)[C@](O)(CNC(=O)c2cscn2)C1. The van der Waals surface area contributed by atoms with Crippen LogP contribution < -0.4 is 10.6 Å². The summed E-state index contributed by atoms with van der Waals surface area (Å²) < 4.78 is 0. The van der Waals surface area contributed by atoms with Crippen molar-refractivity contribution in [1.82, 2.24) is 20.5 Å². The van der Waals surface area contributed by atoms with Crippen LogP contribution in [0.3, 0.4) is 0 Å². The molecule has 2 rings (SSSR count). The van der Waals surface area contributed by atoms with E-state index in [1.54, 1.807) is 15.8 Å². The smallest absolute Gasteiger partial charge is 0.270 e. The largest absolute Gasteiger partial charge is 0.389 e. The maximum atomic E-state index is 11.8. The molecule has 0 bridgehead atoms. The highest BCUT2D eigenvalue weighted by molar-refractivity contribution is 7.07. The van der Waals surface area contributed by atoms with Crippen molar-refractivity contribution in [2.75, 3.05) is 33.2 Å². The lowest BCUT2D eigenvalue weighted by molar-refractivity contribution is -0.121. The number of β-amino-alcohol motifs (C(OH)–C–C–N with tert-alkyl or cyclic N) is 2. The van der Waals surface area contributed by atoms with Gasteiger partial charge in [-0.15, -0.1) is 11.3 Å². The average molecular weight is 314 g/mol. The Morgan fingerprint density at radius 1 is 1.62 bits per heavy atom. The third-order valence-corrected chi connectivity index (χ3v) is 4.00. The first-order valence-corrected chi connectivity index (χ1v) is 7.38. The van der Waals surface area contributed by atoms with E-state index in [2.05, 4.69) is 15.6 Å². The van der Waals surface area contributed by atoms with Crippen LogP contribution in [0.4, 0.5) is 0 Å². The zero-order valence-electron chi connectivity index (χ0n) is 11.6. The number of hydrogen-bond acceptors (Lipinski definition) is 7. The average Bonchev–Trinajstić information content (AvgIpc) is 3.06. The van der Waals surface area contributed by atoms with E-state index in [0.29, 0.717) is 0 Å². The van der Waals surface area contributed by atoms with Gasteiger partial charge in [0.25, 0.3) is 5.91 Å². The Kier molecular flexibility index (Phi) is 4.88. The van der Waals surface area contributed by atoms with Gasteiger partial charge in [0.1, 0.15) is 11.3 Å². The zero-order valence-corrected chi connectivity index (χ0v) is 12.4. The Balaban J connectivity index is 1.89. The van der Waals surface area contributed by atoms with Crippen LogP contribution in [0.5, 0.6) is 0 Å². The summed E-state index contributed by atoms with van der Waals surface area (Å²) in [6, 6.07) is 0. The number of carbonyl (C=O) groups excluding carboxylic acids is 2. The van der Waals surface area contributed by atoms with Crippen LogP contribution >= 0.6 is 11.3 Å². The maximum absolute atomic E-state index is 11.8. The van der Waals surface area contributed by atoms with Gasteiger partial charge in [0.2, 0.25) is 5.91 Å². The molecule has 9 heteroatoms. The summed E-state index contributed by atoms with van der Waals surface area (Å²) in [7, 11) is 1.52. The van der Waals surface area contributed by atoms with E-state index in [0.717, 1.165) is 0 Å². The van der Waals surface area contributed by atoms with Crippen LogP contribution in [-0.4, -0.2) is 76.8 Å². The summed E-state index contributed by atoms with van der Waals surface area (Å²) in [5, 5.41) is 27.0. The van der Waals surface area contributed by atoms with Gasteiger partial charge in [0.05, 0.1) is 24.7 Å². The van der Waals surface area contributed by atoms with Crippen LogP contribution in [0.1, 0.15) is 10.5 Å². The molecule has 0 spiro atoms. The number of likely N-dealkylation sites (tertiary alicyclic amines) is 1. The molecule has 0 radical (unpaired) electrons. The number of rotatable bonds is 5. The summed E-state index contributed by atoms with van der Waals surface area (Å²) in [4.78, 5) is 28.6. The van der Waals surface area contributed by atoms with Crippen molar-refractivity contribution in [2.45, 2.75) is 11.7 Å². The summed E-state index contributed by atoms with van der Waals surface area (Å²) in [6.07, 6.45) is -1.03. The first kappa shape index (κ1) is 15.8. The zero-order chi connectivity index (χ0) is 15.5. The van der Waals surface area contributed by atoms with E-state index in [4.69, 9.17) is 0 Å². The molecule has 1 aliphatic rings. The normalized spacial score (nSPS) is 25.8. The molecule has 2 heterocycles. The summed E-state index contributed by atoms with van der Waals surface area (Å²) in [5.41, 5.74) is 0.345. The molecule has 0 saturated carbocycles. The predicted molar refractivity (Wildman–Crippen MR) is 75.9 cm³/mol. The molecule has 21 heavy (non-hydrogen) atoms. The lowest BCUT2D eigenvalue weighted by Gasteiger charge is -2.26. The first-order chi connectivity index (χ1) is 9.94. The molecular formula is C12H18N4O4S. The fourth-order valence-electron chi connectivity index (χ4n) is 2.20. The Hall–Kier alpha value is -1.55. The van der Waals surface area contributed by atoms with Gasteiger partial charge in [-0.3, -0.25) is 14.5 Å². The van der Waals surface area contributed by atoms with Crippen molar-refractivity contribution in [2.24, 2.45) is 0 Å². The number of nitrogens with zero attached hydrogens (tertiary/aromatic N) is 2. The fourth-order valence-corrected chi connectivity index (χ4v) is 2.73. The minimum atomic E-state index is -1.47. The quantitative estimate of drug-likeness (QED) is 0.501. The summed E-state index contributed by atoms with van der Waals surface area (Å²) in [5.74, 6) is -0.598. The molecule has 0 aromatic carbocycles. The molecule has 1 aromatic rings. The standard InChI is InChI=1S/C12H18N4O4S/c1-13-10(18)3-16-2-9(17)12(20,6-16)5-14-11(19)8-4-21-7-15-8/h4,7,9,17,20H,2-3,5-6H2,1H3,(H,13,18)(H,14,19)/t9-,12+/m1/s1. The Labute approximate surface area is 125 Å².